The van der Waals surface area contributed by atoms with Gasteiger partial charge in [0, 0.05) is 18.3 Å². The van der Waals surface area contributed by atoms with Gasteiger partial charge in [-0.05, 0) is 18.9 Å². The Balaban J connectivity index is 2.10. The van der Waals surface area contributed by atoms with Gasteiger partial charge in [-0.25, -0.2) is 0 Å². The highest BCUT2D eigenvalue weighted by molar-refractivity contribution is 6.00. The number of amides is 1. The van der Waals surface area contributed by atoms with Gasteiger partial charge < -0.3 is 25.6 Å². The van der Waals surface area contributed by atoms with Crippen LogP contribution in [0.25, 0.3) is 0 Å². The fourth-order valence-electron chi connectivity index (χ4n) is 1.99. The minimum atomic E-state index is -0.888. The number of hydrogen-bond donors (Lipinski definition) is 3. The lowest BCUT2D eigenvalue weighted by atomic mass is 9.97. The summed E-state index contributed by atoms with van der Waals surface area (Å²) < 4.78 is 10.4. The molecule has 0 saturated carbocycles. The Kier molecular flexibility index (Phi) is 4.04. The third kappa shape index (κ3) is 2.80. The summed E-state index contributed by atoms with van der Waals surface area (Å²) in [6, 6.07) is 3.13. The number of nitrogens with one attached hydrogen (secondary N) is 1. The first-order valence-corrected chi connectivity index (χ1v) is 6.69. The summed E-state index contributed by atoms with van der Waals surface area (Å²) in [5.41, 5.74) is 5.60. The summed E-state index contributed by atoms with van der Waals surface area (Å²) in [5.74, 6) is 0.712. The molecule has 6 heteroatoms. The molecule has 0 fully saturated rings. The zero-order chi connectivity index (χ0) is 14.8. The number of aliphatic hydroxyl groups is 1. The van der Waals surface area contributed by atoms with E-state index in [1.54, 1.807) is 12.1 Å². The van der Waals surface area contributed by atoms with Crippen LogP contribution in [-0.2, 0) is 0 Å². The molecule has 0 bridgehead atoms. The zero-order valence-corrected chi connectivity index (χ0v) is 11.7. The summed E-state index contributed by atoms with van der Waals surface area (Å²) in [4.78, 5) is 12.1. The van der Waals surface area contributed by atoms with Crippen LogP contribution >= 0.6 is 0 Å². The zero-order valence-electron chi connectivity index (χ0n) is 11.7. The fraction of sp³-hybridized carbons (Fsp3) is 0.500. The van der Waals surface area contributed by atoms with Gasteiger partial charge in [0.15, 0.2) is 11.5 Å². The van der Waals surface area contributed by atoms with E-state index in [1.165, 1.54) is 0 Å². The first-order valence-electron chi connectivity index (χ1n) is 6.69. The van der Waals surface area contributed by atoms with Crippen LogP contribution in [0.15, 0.2) is 12.1 Å². The molecule has 1 aliphatic rings. The van der Waals surface area contributed by atoms with Crippen molar-refractivity contribution >= 4 is 11.6 Å². The minimum Gasteiger partial charge on any atom is -0.454 e. The van der Waals surface area contributed by atoms with Crippen LogP contribution in [0.4, 0.5) is 5.69 Å². The van der Waals surface area contributed by atoms with E-state index >= 15 is 0 Å². The molecule has 0 unspecified atom stereocenters. The predicted molar refractivity (Wildman–Crippen MR) is 74.8 cm³/mol. The normalized spacial score (nSPS) is 13.3. The van der Waals surface area contributed by atoms with Crippen molar-refractivity contribution in [1.29, 1.82) is 0 Å². The van der Waals surface area contributed by atoms with Crippen molar-refractivity contribution in [1.82, 2.24) is 5.32 Å². The molecule has 0 aromatic heterocycles. The van der Waals surface area contributed by atoms with Crippen LogP contribution in [-0.4, -0.2) is 30.0 Å². The van der Waals surface area contributed by atoms with Crippen LogP contribution in [0.5, 0.6) is 11.5 Å². The van der Waals surface area contributed by atoms with Crippen LogP contribution in [0.2, 0.25) is 0 Å². The number of rotatable bonds is 5. The van der Waals surface area contributed by atoms with Crippen molar-refractivity contribution < 1.29 is 19.4 Å². The maximum absolute atomic E-state index is 12.1. The highest BCUT2D eigenvalue weighted by atomic mass is 16.7. The monoisotopic (exact) mass is 280 g/mol. The summed E-state index contributed by atoms with van der Waals surface area (Å²) in [6.45, 7) is 4.08. The SMILES string of the molecule is CCC(O)(CC)CNC(=O)c1cc2c(cc1N)OCO2. The van der Waals surface area contributed by atoms with Crippen molar-refractivity contribution in [2.75, 3.05) is 19.1 Å². The second kappa shape index (κ2) is 5.58. The van der Waals surface area contributed by atoms with Crippen LogP contribution < -0.4 is 20.5 Å². The topological polar surface area (TPSA) is 93.8 Å². The number of carbonyl (C=O) groups is 1. The molecule has 4 N–H and O–H groups in total. The molecule has 1 aromatic carbocycles. The molecule has 110 valence electrons. The lowest BCUT2D eigenvalue weighted by Crippen LogP contribution is -2.42. The highest BCUT2D eigenvalue weighted by Gasteiger charge is 2.25. The largest absolute Gasteiger partial charge is 0.454 e. The molecule has 0 spiro atoms. The summed E-state index contributed by atoms with van der Waals surface area (Å²) in [7, 11) is 0. The fourth-order valence-corrected chi connectivity index (χ4v) is 1.99. The van der Waals surface area contributed by atoms with E-state index in [0.29, 0.717) is 35.6 Å². The van der Waals surface area contributed by atoms with E-state index in [2.05, 4.69) is 5.32 Å². The first kappa shape index (κ1) is 14.5. The molecule has 1 heterocycles. The number of hydrogen-bond acceptors (Lipinski definition) is 5. The lowest BCUT2D eigenvalue weighted by Gasteiger charge is -2.25. The quantitative estimate of drug-likeness (QED) is 0.706. The van der Waals surface area contributed by atoms with Crippen molar-refractivity contribution in [2.24, 2.45) is 0 Å². The van der Waals surface area contributed by atoms with Crippen molar-refractivity contribution in [3.05, 3.63) is 17.7 Å². The average molecular weight is 280 g/mol. The van der Waals surface area contributed by atoms with Gasteiger partial charge in [0.25, 0.3) is 5.91 Å². The Bertz CT molecular complexity index is 512. The van der Waals surface area contributed by atoms with Gasteiger partial charge in [0.1, 0.15) is 0 Å². The third-order valence-electron chi connectivity index (χ3n) is 3.68. The molecule has 1 amide bonds. The van der Waals surface area contributed by atoms with Gasteiger partial charge in [-0.15, -0.1) is 0 Å². The van der Waals surface area contributed by atoms with Crippen LogP contribution in [0.1, 0.15) is 37.0 Å². The molecule has 6 nitrogen and oxygen atoms in total. The third-order valence-corrected chi connectivity index (χ3v) is 3.68. The van der Waals surface area contributed by atoms with Gasteiger partial charge in [-0.1, -0.05) is 13.8 Å². The van der Waals surface area contributed by atoms with Gasteiger partial charge in [-0.3, -0.25) is 4.79 Å². The Morgan fingerprint density at radius 1 is 1.35 bits per heavy atom. The maximum atomic E-state index is 12.1. The number of anilines is 1. The minimum absolute atomic E-state index is 0.130. The lowest BCUT2D eigenvalue weighted by molar-refractivity contribution is 0.0314. The van der Waals surface area contributed by atoms with Gasteiger partial charge in [0.2, 0.25) is 6.79 Å². The number of nitrogens with two attached hydrogens (primary N) is 1. The van der Waals surface area contributed by atoms with Crippen LogP contribution in [0, 0.1) is 0 Å². The van der Waals surface area contributed by atoms with Crippen molar-refractivity contribution in [3.8, 4) is 11.5 Å². The molecule has 0 saturated heterocycles. The highest BCUT2D eigenvalue weighted by Crippen LogP contribution is 2.35. The second-order valence-electron chi connectivity index (χ2n) is 4.91. The second-order valence-corrected chi connectivity index (χ2v) is 4.91. The molecule has 1 aliphatic heterocycles. The molecule has 20 heavy (non-hydrogen) atoms. The van der Waals surface area contributed by atoms with E-state index < -0.39 is 5.60 Å². The first-order chi connectivity index (χ1) is 9.49. The molecular weight excluding hydrogens is 260 g/mol. The summed E-state index contributed by atoms with van der Waals surface area (Å²) in [6.07, 6.45) is 1.14. The number of nitrogen functional groups attached to an aromatic ring is 1. The van der Waals surface area contributed by atoms with Crippen molar-refractivity contribution in [2.45, 2.75) is 32.3 Å². The Labute approximate surface area is 117 Å². The van der Waals surface area contributed by atoms with Crippen LogP contribution in [0.3, 0.4) is 0 Å². The molecule has 0 atom stereocenters. The average Bonchev–Trinajstić information content (AvgIpc) is 2.90. The molecular formula is C14H20N2O4. The van der Waals surface area contributed by atoms with E-state index in [4.69, 9.17) is 15.2 Å². The molecule has 2 rings (SSSR count). The number of carbonyl (C=O) groups excluding carboxylic acids is 1. The molecule has 0 radical (unpaired) electrons. The standard InChI is InChI=1S/C14H20N2O4/c1-3-14(18,4-2)7-16-13(17)9-5-11-12(6-10(9)15)20-8-19-11/h5-6,18H,3-4,7-8,15H2,1-2H3,(H,16,17). The summed E-state index contributed by atoms with van der Waals surface area (Å²) in [5, 5.41) is 12.9. The van der Waals surface area contributed by atoms with E-state index in [-0.39, 0.29) is 19.2 Å². The maximum Gasteiger partial charge on any atom is 0.253 e. The summed E-state index contributed by atoms with van der Waals surface area (Å²) >= 11 is 0. The predicted octanol–water partition coefficient (Wildman–Crippen LogP) is 1.28. The number of benzene rings is 1. The number of ether oxygens (including phenoxy) is 2. The number of fused-ring (bicyclic) bond motifs is 1. The Morgan fingerprint density at radius 2 is 1.95 bits per heavy atom. The Hall–Kier alpha value is -1.95. The van der Waals surface area contributed by atoms with E-state index in [1.807, 2.05) is 13.8 Å². The van der Waals surface area contributed by atoms with Gasteiger partial charge in [-0.2, -0.15) is 0 Å². The van der Waals surface area contributed by atoms with E-state index in [0.717, 1.165) is 0 Å². The molecule has 0 aliphatic carbocycles. The molecule has 1 aromatic rings. The van der Waals surface area contributed by atoms with E-state index in [9.17, 15) is 9.90 Å². The van der Waals surface area contributed by atoms with Gasteiger partial charge >= 0.3 is 0 Å². The smallest absolute Gasteiger partial charge is 0.253 e. The Morgan fingerprint density at radius 3 is 2.55 bits per heavy atom. The van der Waals surface area contributed by atoms with Gasteiger partial charge in [0.05, 0.1) is 11.2 Å². The van der Waals surface area contributed by atoms with Crippen molar-refractivity contribution in [3.63, 3.8) is 0 Å².